The molecule has 0 bridgehead atoms. The van der Waals surface area contributed by atoms with E-state index in [0.29, 0.717) is 0 Å². The molecule has 0 aliphatic heterocycles. The van der Waals surface area contributed by atoms with E-state index in [2.05, 4.69) is 68.6 Å². The van der Waals surface area contributed by atoms with Crippen LogP contribution < -0.4 is 5.32 Å². The average molecular weight is 355 g/mol. The maximum Gasteiger partial charge on any atom is 0.130 e. The molecular formula is C14H18IN3. The van der Waals surface area contributed by atoms with Gasteiger partial charge in [-0.05, 0) is 53.3 Å². The molecule has 0 aliphatic carbocycles. The first-order valence-electron chi connectivity index (χ1n) is 6.18. The zero-order chi connectivity index (χ0) is 13.0. The van der Waals surface area contributed by atoms with Gasteiger partial charge < -0.3 is 9.88 Å². The van der Waals surface area contributed by atoms with E-state index in [9.17, 15) is 0 Å². The fourth-order valence-electron chi connectivity index (χ4n) is 1.96. The lowest BCUT2D eigenvalue weighted by atomic mass is 10.1. The maximum atomic E-state index is 4.47. The molecule has 0 radical (unpaired) electrons. The number of imidazole rings is 1. The molecule has 1 unspecified atom stereocenters. The molecule has 0 saturated carbocycles. The molecule has 3 nitrogen and oxygen atoms in total. The van der Waals surface area contributed by atoms with Crippen molar-refractivity contribution in [1.82, 2.24) is 14.9 Å². The quantitative estimate of drug-likeness (QED) is 0.836. The highest BCUT2D eigenvalue weighted by Crippen LogP contribution is 2.21. The van der Waals surface area contributed by atoms with Crippen LogP contribution >= 0.6 is 22.6 Å². The van der Waals surface area contributed by atoms with Crippen molar-refractivity contribution >= 4 is 22.6 Å². The summed E-state index contributed by atoms with van der Waals surface area (Å²) in [6.07, 6.45) is 4.95. The van der Waals surface area contributed by atoms with E-state index in [-0.39, 0.29) is 6.04 Å². The zero-order valence-electron chi connectivity index (χ0n) is 10.7. The van der Waals surface area contributed by atoms with E-state index in [4.69, 9.17) is 0 Å². The molecule has 2 aromatic rings. The summed E-state index contributed by atoms with van der Waals surface area (Å²) in [4.78, 5) is 4.47. The minimum Gasteiger partial charge on any atom is -0.336 e. The number of hydrogen-bond donors (Lipinski definition) is 1. The summed E-state index contributed by atoms with van der Waals surface area (Å²) in [5, 5.41) is 3.56. The van der Waals surface area contributed by atoms with Crippen LogP contribution in [0.4, 0.5) is 0 Å². The van der Waals surface area contributed by atoms with Gasteiger partial charge in [-0.2, -0.15) is 0 Å². The van der Waals surface area contributed by atoms with Crippen LogP contribution in [0.15, 0.2) is 36.7 Å². The minimum absolute atomic E-state index is 0.168. The molecule has 1 N–H and O–H groups in total. The molecule has 0 spiro atoms. The van der Waals surface area contributed by atoms with Crippen LogP contribution in [-0.2, 0) is 7.05 Å². The lowest BCUT2D eigenvalue weighted by Crippen LogP contribution is -2.25. The molecule has 2 rings (SSSR count). The van der Waals surface area contributed by atoms with E-state index < -0.39 is 0 Å². The summed E-state index contributed by atoms with van der Waals surface area (Å²) < 4.78 is 3.33. The largest absolute Gasteiger partial charge is 0.336 e. The molecule has 1 aromatic carbocycles. The second-order valence-electron chi connectivity index (χ2n) is 4.34. The predicted molar refractivity (Wildman–Crippen MR) is 82.5 cm³/mol. The van der Waals surface area contributed by atoms with Crippen molar-refractivity contribution in [3.8, 4) is 0 Å². The monoisotopic (exact) mass is 355 g/mol. The van der Waals surface area contributed by atoms with E-state index in [0.717, 1.165) is 18.8 Å². The Kier molecular flexibility index (Phi) is 4.77. The van der Waals surface area contributed by atoms with Crippen LogP contribution in [-0.4, -0.2) is 16.1 Å². The molecule has 0 fully saturated rings. The predicted octanol–water partition coefficient (Wildman–Crippen LogP) is 3.11. The Labute approximate surface area is 122 Å². The standard InChI is InChI=1S/C14H18IN3/c1-3-8-16-13(14-17-9-10-18(14)2)11-4-6-12(15)7-5-11/h4-7,9-10,13,16H,3,8H2,1-2H3. The number of aromatic nitrogens is 2. The van der Waals surface area contributed by atoms with E-state index in [1.54, 1.807) is 0 Å². The first-order valence-corrected chi connectivity index (χ1v) is 7.26. The van der Waals surface area contributed by atoms with Crippen LogP contribution in [0.2, 0.25) is 0 Å². The Morgan fingerprint density at radius 1 is 1.33 bits per heavy atom. The normalized spacial score (nSPS) is 12.6. The lowest BCUT2D eigenvalue weighted by Gasteiger charge is -2.18. The molecule has 1 atom stereocenters. The summed E-state index contributed by atoms with van der Waals surface area (Å²) in [5.74, 6) is 1.06. The van der Waals surface area contributed by atoms with Crippen molar-refractivity contribution in [2.24, 2.45) is 7.05 Å². The number of benzene rings is 1. The molecule has 0 amide bonds. The Bertz CT molecular complexity index is 490. The van der Waals surface area contributed by atoms with Gasteiger partial charge in [-0.1, -0.05) is 19.1 Å². The third kappa shape index (κ3) is 3.11. The molecule has 1 aromatic heterocycles. The number of hydrogen-bond acceptors (Lipinski definition) is 2. The fraction of sp³-hybridized carbons (Fsp3) is 0.357. The molecule has 0 aliphatic rings. The summed E-state index contributed by atoms with van der Waals surface area (Å²) in [5.41, 5.74) is 1.26. The van der Waals surface area contributed by atoms with Gasteiger partial charge in [0.2, 0.25) is 0 Å². The first-order chi connectivity index (χ1) is 8.72. The minimum atomic E-state index is 0.168. The molecule has 4 heteroatoms. The van der Waals surface area contributed by atoms with Crippen LogP contribution in [0, 0.1) is 3.57 Å². The number of nitrogens with one attached hydrogen (secondary N) is 1. The van der Waals surface area contributed by atoms with Crippen LogP contribution in [0.3, 0.4) is 0 Å². The Balaban J connectivity index is 2.30. The van der Waals surface area contributed by atoms with Crippen molar-refractivity contribution < 1.29 is 0 Å². The van der Waals surface area contributed by atoms with Gasteiger partial charge in [0.25, 0.3) is 0 Å². The maximum absolute atomic E-state index is 4.47. The molecule has 0 saturated heterocycles. The SMILES string of the molecule is CCCNC(c1ccc(I)cc1)c1nccn1C. The summed E-state index contributed by atoms with van der Waals surface area (Å²) >= 11 is 2.33. The zero-order valence-corrected chi connectivity index (χ0v) is 12.9. The molecular weight excluding hydrogens is 337 g/mol. The van der Waals surface area contributed by atoms with Crippen molar-refractivity contribution in [2.75, 3.05) is 6.54 Å². The second kappa shape index (κ2) is 6.33. The Morgan fingerprint density at radius 2 is 2.06 bits per heavy atom. The summed E-state index contributed by atoms with van der Waals surface area (Å²) in [6, 6.07) is 8.79. The van der Waals surface area contributed by atoms with Gasteiger partial charge in [-0.3, -0.25) is 0 Å². The smallest absolute Gasteiger partial charge is 0.130 e. The fourth-order valence-corrected chi connectivity index (χ4v) is 2.32. The number of halogens is 1. The van der Waals surface area contributed by atoms with Gasteiger partial charge in [-0.25, -0.2) is 4.98 Å². The highest BCUT2D eigenvalue weighted by Gasteiger charge is 2.16. The average Bonchev–Trinajstić information content (AvgIpc) is 2.78. The third-order valence-electron chi connectivity index (χ3n) is 2.92. The van der Waals surface area contributed by atoms with Gasteiger partial charge in [0.05, 0.1) is 6.04 Å². The van der Waals surface area contributed by atoms with Gasteiger partial charge in [0, 0.05) is 23.0 Å². The van der Waals surface area contributed by atoms with Crippen molar-refractivity contribution in [2.45, 2.75) is 19.4 Å². The number of rotatable bonds is 5. The van der Waals surface area contributed by atoms with Gasteiger partial charge in [0.15, 0.2) is 0 Å². The van der Waals surface area contributed by atoms with Crippen molar-refractivity contribution in [3.05, 3.63) is 51.6 Å². The van der Waals surface area contributed by atoms with Gasteiger partial charge in [-0.15, -0.1) is 0 Å². The molecule has 1 heterocycles. The van der Waals surface area contributed by atoms with Crippen molar-refractivity contribution in [3.63, 3.8) is 0 Å². The molecule has 96 valence electrons. The van der Waals surface area contributed by atoms with E-state index in [1.165, 1.54) is 9.13 Å². The number of aryl methyl sites for hydroxylation is 1. The van der Waals surface area contributed by atoms with Crippen LogP contribution in [0.1, 0.15) is 30.8 Å². The first kappa shape index (κ1) is 13.5. The lowest BCUT2D eigenvalue weighted by molar-refractivity contribution is 0.555. The Morgan fingerprint density at radius 3 is 2.61 bits per heavy atom. The van der Waals surface area contributed by atoms with Gasteiger partial charge >= 0.3 is 0 Å². The van der Waals surface area contributed by atoms with E-state index >= 15 is 0 Å². The topological polar surface area (TPSA) is 29.9 Å². The highest BCUT2D eigenvalue weighted by atomic mass is 127. The highest BCUT2D eigenvalue weighted by molar-refractivity contribution is 14.1. The van der Waals surface area contributed by atoms with Crippen molar-refractivity contribution in [1.29, 1.82) is 0 Å². The van der Waals surface area contributed by atoms with Crippen LogP contribution in [0.25, 0.3) is 0 Å². The van der Waals surface area contributed by atoms with Gasteiger partial charge in [0.1, 0.15) is 5.82 Å². The summed E-state index contributed by atoms with van der Waals surface area (Å²) in [7, 11) is 2.04. The van der Waals surface area contributed by atoms with E-state index in [1.807, 2.05) is 19.4 Å². The second-order valence-corrected chi connectivity index (χ2v) is 5.58. The molecule has 18 heavy (non-hydrogen) atoms. The summed E-state index contributed by atoms with van der Waals surface area (Å²) in [6.45, 7) is 3.17. The third-order valence-corrected chi connectivity index (χ3v) is 3.64. The van der Waals surface area contributed by atoms with Crippen LogP contribution in [0.5, 0.6) is 0 Å². The number of nitrogens with zero attached hydrogens (tertiary/aromatic N) is 2. The Hall–Kier alpha value is -0.880.